The maximum atomic E-state index is 12.2. The monoisotopic (exact) mass is 285 g/mol. The molecule has 0 aromatic rings. The van der Waals surface area contributed by atoms with Gasteiger partial charge in [-0.25, -0.2) is 0 Å². The summed E-state index contributed by atoms with van der Waals surface area (Å²) in [6.07, 6.45) is -0.0207. The number of carboxylic acid groups (broad SMARTS) is 1. The van der Waals surface area contributed by atoms with Crippen LogP contribution in [0.25, 0.3) is 0 Å². The Bertz CT molecular complexity index is 414. The molecule has 8 nitrogen and oxygen atoms in total. The molecule has 2 amide bonds. The van der Waals surface area contributed by atoms with Crippen LogP contribution >= 0.6 is 0 Å². The largest absolute Gasteiger partial charge is 0.480 e. The van der Waals surface area contributed by atoms with Crippen LogP contribution in [0.4, 0.5) is 0 Å². The van der Waals surface area contributed by atoms with Gasteiger partial charge in [-0.1, -0.05) is 0 Å². The van der Waals surface area contributed by atoms with E-state index in [1.54, 1.807) is 4.90 Å². The van der Waals surface area contributed by atoms with Crippen molar-refractivity contribution >= 4 is 17.8 Å². The number of nitrogens with zero attached hydrogens (tertiary/aromatic N) is 2. The topological polar surface area (TPSA) is 99.2 Å². The Kier molecular flexibility index (Phi) is 4.56. The molecule has 0 aromatic heterocycles. The van der Waals surface area contributed by atoms with Gasteiger partial charge in [0.15, 0.2) is 0 Å². The second kappa shape index (κ2) is 6.19. The number of morpholine rings is 1. The van der Waals surface area contributed by atoms with Crippen LogP contribution in [0, 0.1) is 0 Å². The van der Waals surface area contributed by atoms with Gasteiger partial charge in [0.25, 0.3) is 0 Å². The summed E-state index contributed by atoms with van der Waals surface area (Å²) in [6, 6.07) is -0.852. The third-order valence-corrected chi connectivity index (χ3v) is 3.50. The van der Waals surface area contributed by atoms with Crippen LogP contribution in [0.5, 0.6) is 0 Å². The van der Waals surface area contributed by atoms with Crippen LogP contribution in [0.15, 0.2) is 0 Å². The summed E-state index contributed by atoms with van der Waals surface area (Å²) in [4.78, 5) is 37.8. The van der Waals surface area contributed by atoms with Crippen LogP contribution in [0.1, 0.15) is 6.92 Å². The number of rotatable bonds is 3. The molecule has 0 saturated carbocycles. The van der Waals surface area contributed by atoms with E-state index < -0.39 is 12.0 Å². The molecule has 2 N–H and O–H groups in total. The molecule has 2 unspecified atom stereocenters. The Morgan fingerprint density at radius 1 is 1.50 bits per heavy atom. The first kappa shape index (κ1) is 14.7. The molecular formula is C12H19N3O5. The van der Waals surface area contributed by atoms with E-state index in [2.05, 4.69) is 5.32 Å². The number of nitrogens with one attached hydrogen (secondary N) is 1. The van der Waals surface area contributed by atoms with Crippen molar-refractivity contribution in [3.05, 3.63) is 0 Å². The molecule has 2 aliphatic rings. The number of carbonyl (C=O) groups excluding carboxylic acids is 2. The molecule has 2 heterocycles. The SMILES string of the molecule is CC1CN(C(=O)CN2CC(=O)NCC2C(=O)O)CCO1. The number of amides is 2. The number of ether oxygens (including phenoxy) is 1. The van der Waals surface area contributed by atoms with Crippen LogP contribution in [0.2, 0.25) is 0 Å². The van der Waals surface area contributed by atoms with E-state index in [0.717, 1.165) is 0 Å². The molecule has 20 heavy (non-hydrogen) atoms. The first-order valence-corrected chi connectivity index (χ1v) is 6.60. The van der Waals surface area contributed by atoms with Crippen molar-refractivity contribution in [2.75, 3.05) is 39.3 Å². The van der Waals surface area contributed by atoms with Gasteiger partial charge in [0.2, 0.25) is 11.8 Å². The lowest BCUT2D eigenvalue weighted by atomic mass is 10.2. The zero-order chi connectivity index (χ0) is 14.7. The number of carboxylic acids is 1. The first-order chi connectivity index (χ1) is 9.47. The van der Waals surface area contributed by atoms with Crippen LogP contribution in [0.3, 0.4) is 0 Å². The third kappa shape index (κ3) is 3.45. The lowest BCUT2D eigenvalue weighted by Gasteiger charge is -2.36. The zero-order valence-electron chi connectivity index (χ0n) is 11.4. The highest BCUT2D eigenvalue weighted by molar-refractivity contribution is 5.85. The minimum Gasteiger partial charge on any atom is -0.480 e. The fraction of sp³-hybridized carbons (Fsp3) is 0.750. The van der Waals surface area contributed by atoms with Crippen molar-refractivity contribution in [3.63, 3.8) is 0 Å². The lowest BCUT2D eigenvalue weighted by Crippen LogP contribution is -2.60. The molecule has 112 valence electrons. The van der Waals surface area contributed by atoms with E-state index in [4.69, 9.17) is 9.84 Å². The van der Waals surface area contributed by atoms with Gasteiger partial charge in [0, 0.05) is 19.6 Å². The zero-order valence-corrected chi connectivity index (χ0v) is 11.4. The van der Waals surface area contributed by atoms with E-state index >= 15 is 0 Å². The molecule has 2 saturated heterocycles. The molecule has 0 spiro atoms. The Balaban J connectivity index is 1.96. The summed E-state index contributed by atoms with van der Waals surface area (Å²) in [5, 5.41) is 11.6. The maximum absolute atomic E-state index is 12.2. The van der Waals surface area contributed by atoms with Gasteiger partial charge in [-0.15, -0.1) is 0 Å². The molecule has 2 fully saturated rings. The second-order valence-corrected chi connectivity index (χ2v) is 5.08. The van der Waals surface area contributed by atoms with Gasteiger partial charge in [-0.3, -0.25) is 19.3 Å². The van der Waals surface area contributed by atoms with Gasteiger partial charge in [-0.2, -0.15) is 0 Å². The lowest BCUT2D eigenvalue weighted by molar-refractivity contribution is -0.149. The molecule has 0 radical (unpaired) electrons. The average Bonchev–Trinajstić information content (AvgIpc) is 2.38. The Morgan fingerprint density at radius 2 is 2.25 bits per heavy atom. The van der Waals surface area contributed by atoms with Gasteiger partial charge in [0.05, 0.1) is 25.8 Å². The highest BCUT2D eigenvalue weighted by atomic mass is 16.5. The number of hydrogen-bond donors (Lipinski definition) is 2. The Morgan fingerprint density at radius 3 is 2.90 bits per heavy atom. The van der Waals surface area contributed by atoms with Gasteiger partial charge >= 0.3 is 5.97 Å². The number of hydrogen-bond acceptors (Lipinski definition) is 5. The molecular weight excluding hydrogens is 266 g/mol. The molecule has 2 atom stereocenters. The highest BCUT2D eigenvalue weighted by Crippen LogP contribution is 2.09. The van der Waals surface area contributed by atoms with Gasteiger partial charge in [0.1, 0.15) is 6.04 Å². The molecule has 8 heteroatoms. The van der Waals surface area contributed by atoms with Crippen molar-refractivity contribution in [2.24, 2.45) is 0 Å². The van der Waals surface area contributed by atoms with E-state index in [0.29, 0.717) is 19.7 Å². The maximum Gasteiger partial charge on any atom is 0.322 e. The summed E-state index contributed by atoms with van der Waals surface area (Å²) in [5.41, 5.74) is 0. The fourth-order valence-electron chi connectivity index (χ4n) is 2.42. The van der Waals surface area contributed by atoms with Crippen molar-refractivity contribution < 1.29 is 24.2 Å². The minimum atomic E-state index is -1.03. The third-order valence-electron chi connectivity index (χ3n) is 3.50. The number of piperazine rings is 1. The van der Waals surface area contributed by atoms with E-state index in [9.17, 15) is 14.4 Å². The molecule has 0 bridgehead atoms. The first-order valence-electron chi connectivity index (χ1n) is 6.60. The molecule has 2 aliphatic heterocycles. The predicted molar refractivity (Wildman–Crippen MR) is 68.0 cm³/mol. The van der Waals surface area contributed by atoms with Gasteiger partial charge < -0.3 is 20.1 Å². The van der Waals surface area contributed by atoms with Crippen molar-refractivity contribution in [1.82, 2.24) is 15.1 Å². The summed E-state index contributed by atoms with van der Waals surface area (Å²) < 4.78 is 5.36. The Labute approximate surface area is 116 Å². The molecule has 0 aromatic carbocycles. The van der Waals surface area contributed by atoms with Crippen molar-refractivity contribution in [2.45, 2.75) is 19.1 Å². The molecule has 0 aliphatic carbocycles. The average molecular weight is 285 g/mol. The Hall–Kier alpha value is -1.67. The summed E-state index contributed by atoms with van der Waals surface area (Å²) in [6.45, 7) is 3.27. The van der Waals surface area contributed by atoms with E-state index in [1.165, 1.54) is 4.90 Å². The van der Waals surface area contributed by atoms with Crippen LogP contribution < -0.4 is 5.32 Å². The summed E-state index contributed by atoms with van der Waals surface area (Å²) in [7, 11) is 0. The predicted octanol–water partition coefficient (Wildman–Crippen LogP) is -1.88. The second-order valence-electron chi connectivity index (χ2n) is 5.08. The molecule has 2 rings (SSSR count). The number of aliphatic carboxylic acids is 1. The van der Waals surface area contributed by atoms with E-state index in [1.807, 2.05) is 6.92 Å². The minimum absolute atomic E-state index is 0.0207. The quantitative estimate of drug-likeness (QED) is 0.629. The standard InChI is InChI=1S/C12H19N3O5/c1-8-5-14(2-3-20-8)11(17)7-15-6-10(16)13-4-9(15)12(18)19/h8-9H,2-7H2,1H3,(H,13,16)(H,18,19). The number of carbonyl (C=O) groups is 3. The van der Waals surface area contributed by atoms with Crippen molar-refractivity contribution in [1.29, 1.82) is 0 Å². The fourth-order valence-corrected chi connectivity index (χ4v) is 2.42. The smallest absolute Gasteiger partial charge is 0.322 e. The van der Waals surface area contributed by atoms with Crippen LogP contribution in [-0.4, -0.2) is 84.2 Å². The summed E-state index contributed by atoms with van der Waals surface area (Å²) in [5.74, 6) is -1.46. The normalized spacial score (nSPS) is 28.1. The van der Waals surface area contributed by atoms with Crippen molar-refractivity contribution in [3.8, 4) is 0 Å². The van der Waals surface area contributed by atoms with Crippen LogP contribution in [-0.2, 0) is 19.1 Å². The van der Waals surface area contributed by atoms with E-state index in [-0.39, 0.29) is 37.6 Å². The highest BCUT2D eigenvalue weighted by Gasteiger charge is 2.34. The van der Waals surface area contributed by atoms with Gasteiger partial charge in [-0.05, 0) is 6.92 Å². The summed E-state index contributed by atoms with van der Waals surface area (Å²) >= 11 is 0.